The van der Waals surface area contributed by atoms with Gasteiger partial charge in [0.15, 0.2) is 5.96 Å². The van der Waals surface area contributed by atoms with Crippen molar-refractivity contribution in [3.63, 3.8) is 0 Å². The topological polar surface area (TPSA) is 72.4 Å². The van der Waals surface area contributed by atoms with E-state index in [4.69, 9.17) is 4.74 Å². The minimum absolute atomic E-state index is 0.136. The molecule has 0 aromatic heterocycles. The highest BCUT2D eigenvalue weighted by Crippen LogP contribution is 2.19. The predicted octanol–water partition coefficient (Wildman–Crippen LogP) is 1.31. The van der Waals surface area contributed by atoms with Crippen LogP contribution in [0.1, 0.15) is 32.4 Å². The zero-order valence-corrected chi connectivity index (χ0v) is 18.0. The number of hydrogen-bond acceptors (Lipinski definition) is 5. The van der Waals surface area contributed by atoms with Crippen LogP contribution in [-0.4, -0.2) is 86.4 Å². The van der Waals surface area contributed by atoms with E-state index in [1.54, 1.807) is 0 Å². The average molecular weight is 392 g/mol. The van der Waals surface area contributed by atoms with E-state index < -0.39 is 6.10 Å². The molecule has 158 valence electrons. The van der Waals surface area contributed by atoms with Gasteiger partial charge in [-0.15, -0.1) is 0 Å². The fourth-order valence-electron chi connectivity index (χ4n) is 3.20. The molecular weight excluding hydrogens is 354 g/mol. The van der Waals surface area contributed by atoms with Gasteiger partial charge in [0.25, 0.3) is 0 Å². The molecule has 0 aliphatic carbocycles. The van der Waals surface area contributed by atoms with Crippen LogP contribution in [0.2, 0.25) is 0 Å². The van der Waals surface area contributed by atoms with Crippen molar-refractivity contribution in [3.8, 4) is 5.75 Å². The van der Waals surface area contributed by atoms with Crippen molar-refractivity contribution in [2.75, 3.05) is 53.4 Å². The molecule has 0 spiro atoms. The van der Waals surface area contributed by atoms with Crippen molar-refractivity contribution >= 4 is 5.96 Å². The fraction of sp³-hybridized carbons (Fsp3) is 0.667. The fourth-order valence-corrected chi connectivity index (χ4v) is 3.20. The largest absolute Gasteiger partial charge is 0.491 e. The maximum Gasteiger partial charge on any atom is 0.191 e. The highest BCUT2D eigenvalue weighted by Gasteiger charge is 2.22. The zero-order chi connectivity index (χ0) is 20.5. The number of nitrogens with one attached hydrogen (secondary N) is 2. The first-order chi connectivity index (χ1) is 13.4. The molecule has 3 N–H and O–H groups in total. The zero-order valence-electron chi connectivity index (χ0n) is 18.0. The van der Waals surface area contributed by atoms with E-state index in [2.05, 4.69) is 39.5 Å². The number of ether oxygens (including phenoxy) is 1. The number of hydrogen-bond donors (Lipinski definition) is 3. The highest BCUT2D eigenvalue weighted by atomic mass is 16.5. The molecule has 2 unspecified atom stereocenters. The summed E-state index contributed by atoms with van der Waals surface area (Å²) < 4.78 is 5.65. The van der Waals surface area contributed by atoms with Crippen molar-refractivity contribution in [3.05, 3.63) is 29.8 Å². The molecule has 28 heavy (non-hydrogen) atoms. The van der Waals surface area contributed by atoms with Crippen LogP contribution in [0, 0.1) is 0 Å². The Morgan fingerprint density at radius 1 is 1.21 bits per heavy atom. The number of aliphatic hydroxyl groups excluding tert-OH is 1. The Labute approximate surface area is 169 Å². The number of benzene rings is 1. The molecule has 0 bridgehead atoms. The maximum absolute atomic E-state index is 10.5. The van der Waals surface area contributed by atoms with Crippen LogP contribution in [0.15, 0.2) is 29.3 Å². The first kappa shape index (κ1) is 22.5. The van der Waals surface area contributed by atoms with Crippen LogP contribution < -0.4 is 15.4 Å². The molecule has 1 saturated heterocycles. The average Bonchev–Trinajstić information content (AvgIpc) is 2.66. The van der Waals surface area contributed by atoms with E-state index in [9.17, 15) is 5.11 Å². The SMILES string of the molecule is CCNC(=NCC(O)c1ccc(OC(C)C)cc1)NCC1CN(C)CCN1C. The molecule has 0 saturated carbocycles. The summed E-state index contributed by atoms with van der Waals surface area (Å²) in [7, 11) is 4.33. The van der Waals surface area contributed by atoms with Crippen molar-refractivity contribution in [1.29, 1.82) is 0 Å². The molecule has 2 rings (SSSR count). The third-order valence-electron chi connectivity index (χ3n) is 4.89. The molecule has 7 nitrogen and oxygen atoms in total. The van der Waals surface area contributed by atoms with Gasteiger partial charge in [-0.2, -0.15) is 0 Å². The van der Waals surface area contributed by atoms with Gasteiger partial charge in [0.2, 0.25) is 0 Å². The molecule has 1 fully saturated rings. The van der Waals surface area contributed by atoms with Gasteiger partial charge in [0.1, 0.15) is 5.75 Å². The van der Waals surface area contributed by atoms with E-state index in [-0.39, 0.29) is 6.10 Å². The van der Waals surface area contributed by atoms with Gasteiger partial charge in [-0.1, -0.05) is 12.1 Å². The smallest absolute Gasteiger partial charge is 0.191 e. The number of rotatable bonds is 8. The summed E-state index contributed by atoms with van der Waals surface area (Å²) in [5.41, 5.74) is 0.837. The van der Waals surface area contributed by atoms with E-state index in [1.165, 1.54) is 0 Å². The van der Waals surface area contributed by atoms with Crippen LogP contribution in [0.4, 0.5) is 0 Å². The molecule has 0 amide bonds. The first-order valence-electron chi connectivity index (χ1n) is 10.2. The lowest BCUT2D eigenvalue weighted by molar-refractivity contribution is 0.116. The van der Waals surface area contributed by atoms with E-state index >= 15 is 0 Å². The van der Waals surface area contributed by atoms with Gasteiger partial charge in [-0.05, 0) is 52.6 Å². The quantitative estimate of drug-likeness (QED) is 0.458. The molecule has 1 heterocycles. The Balaban J connectivity index is 1.90. The lowest BCUT2D eigenvalue weighted by Gasteiger charge is -2.37. The number of piperazine rings is 1. The van der Waals surface area contributed by atoms with Crippen LogP contribution in [0.3, 0.4) is 0 Å². The molecule has 2 atom stereocenters. The molecule has 1 aromatic carbocycles. The van der Waals surface area contributed by atoms with Crippen LogP contribution >= 0.6 is 0 Å². The van der Waals surface area contributed by atoms with Crippen molar-refractivity contribution in [2.45, 2.75) is 39.0 Å². The lowest BCUT2D eigenvalue weighted by atomic mass is 10.1. The van der Waals surface area contributed by atoms with Crippen molar-refractivity contribution < 1.29 is 9.84 Å². The standard InChI is InChI=1S/C21H37N5O2/c1-6-22-21(23-13-18-15-25(4)11-12-26(18)5)24-14-20(27)17-7-9-19(10-8-17)28-16(2)3/h7-10,16,18,20,27H,6,11-15H2,1-5H3,(H2,22,23,24). The minimum atomic E-state index is -0.646. The number of nitrogens with zero attached hydrogens (tertiary/aromatic N) is 3. The van der Waals surface area contributed by atoms with Gasteiger partial charge >= 0.3 is 0 Å². The highest BCUT2D eigenvalue weighted by molar-refractivity contribution is 5.79. The number of likely N-dealkylation sites (N-methyl/N-ethyl adjacent to an activating group) is 2. The first-order valence-corrected chi connectivity index (χ1v) is 10.2. The summed E-state index contributed by atoms with van der Waals surface area (Å²) in [4.78, 5) is 9.31. The van der Waals surface area contributed by atoms with E-state index in [1.807, 2.05) is 45.0 Å². The van der Waals surface area contributed by atoms with Crippen LogP contribution in [0.5, 0.6) is 5.75 Å². The van der Waals surface area contributed by atoms with Crippen molar-refractivity contribution in [2.24, 2.45) is 4.99 Å². The van der Waals surface area contributed by atoms with Crippen LogP contribution in [-0.2, 0) is 0 Å². The van der Waals surface area contributed by atoms with Crippen molar-refractivity contribution in [1.82, 2.24) is 20.4 Å². The number of aliphatic imine (C=N–C) groups is 1. The Bertz CT molecular complexity index is 605. The number of aliphatic hydroxyl groups is 1. The normalized spacial score (nSPS) is 20.2. The van der Waals surface area contributed by atoms with Gasteiger partial charge in [0, 0.05) is 38.8 Å². The third kappa shape index (κ3) is 7.30. The summed E-state index contributed by atoms with van der Waals surface area (Å²) in [6.45, 7) is 11.2. The summed E-state index contributed by atoms with van der Waals surface area (Å²) in [5.74, 6) is 1.55. The second-order valence-electron chi connectivity index (χ2n) is 7.75. The van der Waals surface area contributed by atoms with Gasteiger partial charge in [-0.3, -0.25) is 9.89 Å². The predicted molar refractivity (Wildman–Crippen MR) is 115 cm³/mol. The molecule has 0 radical (unpaired) electrons. The molecule has 7 heteroatoms. The second kappa shape index (κ2) is 11.2. The summed E-state index contributed by atoms with van der Waals surface area (Å²) in [6, 6.07) is 8.01. The minimum Gasteiger partial charge on any atom is -0.491 e. The summed E-state index contributed by atoms with van der Waals surface area (Å²) >= 11 is 0. The summed E-state index contributed by atoms with van der Waals surface area (Å²) in [6.07, 6.45) is -0.510. The Kier molecular flexibility index (Phi) is 9.02. The monoisotopic (exact) mass is 391 g/mol. The van der Waals surface area contributed by atoms with Gasteiger partial charge < -0.3 is 25.4 Å². The van der Waals surface area contributed by atoms with E-state index in [0.717, 1.165) is 50.0 Å². The maximum atomic E-state index is 10.5. The Morgan fingerprint density at radius 3 is 2.57 bits per heavy atom. The van der Waals surface area contributed by atoms with E-state index in [0.29, 0.717) is 12.6 Å². The van der Waals surface area contributed by atoms with Crippen LogP contribution in [0.25, 0.3) is 0 Å². The Hall–Kier alpha value is -1.83. The molecule has 1 aliphatic heterocycles. The number of guanidine groups is 1. The molecule has 1 aromatic rings. The second-order valence-corrected chi connectivity index (χ2v) is 7.75. The molecular formula is C21H37N5O2. The van der Waals surface area contributed by atoms with Gasteiger partial charge in [0.05, 0.1) is 18.8 Å². The Morgan fingerprint density at radius 2 is 1.93 bits per heavy atom. The summed E-state index contributed by atoms with van der Waals surface area (Å²) in [5, 5.41) is 17.2. The lowest BCUT2D eigenvalue weighted by Crippen LogP contribution is -2.55. The van der Waals surface area contributed by atoms with Gasteiger partial charge in [-0.25, -0.2) is 0 Å². The third-order valence-corrected chi connectivity index (χ3v) is 4.89. The molecule has 1 aliphatic rings.